The number of hydrogen-bond acceptors (Lipinski definition) is 4. The molecular weight excluding hydrogens is 290 g/mol. The van der Waals surface area contributed by atoms with E-state index in [1.807, 2.05) is 25.5 Å². The molecule has 2 heterocycles. The molecule has 0 aliphatic heterocycles. The van der Waals surface area contributed by atoms with Gasteiger partial charge in [0.1, 0.15) is 4.70 Å². The highest BCUT2D eigenvalue weighted by Crippen LogP contribution is 2.20. The number of aromatic nitrogens is 2. The van der Waals surface area contributed by atoms with Gasteiger partial charge in [-0.15, -0.1) is 11.3 Å². The zero-order chi connectivity index (χ0) is 14.9. The molecule has 0 fully saturated rings. The molecule has 2 aromatic heterocycles. The second kappa shape index (κ2) is 6.20. The Kier molecular flexibility index (Phi) is 4.78. The molecule has 0 amide bonds. The first-order valence-corrected chi connectivity index (χ1v) is 8.05. The smallest absolute Gasteiger partial charge is 0.272 e. The molecule has 4 nitrogen and oxygen atoms in total. The van der Waals surface area contributed by atoms with Crippen molar-refractivity contribution in [3.63, 3.8) is 0 Å². The van der Waals surface area contributed by atoms with Crippen molar-refractivity contribution in [3.8, 4) is 0 Å². The summed E-state index contributed by atoms with van der Waals surface area (Å²) >= 11 is 6.88. The summed E-state index contributed by atoms with van der Waals surface area (Å²) in [7, 11) is 4.05. The van der Waals surface area contributed by atoms with Crippen LogP contribution in [-0.4, -0.2) is 35.1 Å². The maximum atomic E-state index is 12.7. The van der Waals surface area contributed by atoms with E-state index in [0.717, 1.165) is 23.2 Å². The van der Waals surface area contributed by atoms with Crippen molar-refractivity contribution in [3.05, 3.63) is 26.6 Å². The van der Waals surface area contributed by atoms with Gasteiger partial charge in [-0.1, -0.05) is 13.8 Å². The molecule has 2 aromatic rings. The number of fused-ring (bicyclic) bond motifs is 1. The second-order valence-electron chi connectivity index (χ2n) is 5.81. The zero-order valence-corrected chi connectivity index (χ0v) is 14.0. The molecule has 0 radical (unpaired) electrons. The van der Waals surface area contributed by atoms with E-state index < -0.39 is 0 Å². The summed E-state index contributed by atoms with van der Waals surface area (Å²) in [6.45, 7) is 5.15. The third kappa shape index (κ3) is 3.19. The van der Waals surface area contributed by atoms with Gasteiger partial charge >= 0.3 is 0 Å². The Morgan fingerprint density at radius 1 is 1.45 bits per heavy atom. The predicted octanol–water partition coefficient (Wildman–Crippen LogP) is 3.27. The van der Waals surface area contributed by atoms with Crippen LogP contribution >= 0.6 is 23.6 Å². The van der Waals surface area contributed by atoms with Crippen molar-refractivity contribution in [2.75, 3.05) is 20.6 Å². The quantitative estimate of drug-likeness (QED) is 0.862. The first-order chi connectivity index (χ1) is 9.40. The van der Waals surface area contributed by atoms with Crippen molar-refractivity contribution < 1.29 is 0 Å². The summed E-state index contributed by atoms with van der Waals surface area (Å²) < 4.78 is 3.04. The van der Waals surface area contributed by atoms with Crippen molar-refractivity contribution in [1.82, 2.24) is 14.5 Å². The summed E-state index contributed by atoms with van der Waals surface area (Å²) in [6.07, 6.45) is 0.937. The van der Waals surface area contributed by atoms with E-state index >= 15 is 0 Å². The Bertz CT molecular complexity index is 686. The van der Waals surface area contributed by atoms with Crippen molar-refractivity contribution in [2.45, 2.75) is 26.3 Å². The Balaban J connectivity index is 2.57. The predicted molar refractivity (Wildman–Crippen MR) is 88.3 cm³/mol. The highest BCUT2D eigenvalue weighted by molar-refractivity contribution is 7.71. The number of aromatic amines is 1. The standard InChI is InChI=1S/C14H21N3OS2/c1-9(2)7-10(8-16(3)4)17-13(18)12-11(5-6-20-12)15-14(17)19/h5-6,9-10H,7-8H2,1-4H3,(H,15,19). The number of thiophene rings is 1. The normalized spacial score (nSPS) is 13.5. The van der Waals surface area contributed by atoms with E-state index in [4.69, 9.17) is 12.2 Å². The summed E-state index contributed by atoms with van der Waals surface area (Å²) in [5, 5.41) is 1.92. The summed E-state index contributed by atoms with van der Waals surface area (Å²) in [5.41, 5.74) is 0.876. The molecular formula is C14H21N3OS2. The number of nitrogens with zero attached hydrogens (tertiary/aromatic N) is 2. The molecule has 0 spiro atoms. The topological polar surface area (TPSA) is 41.0 Å². The van der Waals surface area contributed by atoms with E-state index in [-0.39, 0.29) is 11.6 Å². The van der Waals surface area contributed by atoms with Gasteiger partial charge in [0.15, 0.2) is 4.77 Å². The molecule has 0 saturated heterocycles. The molecule has 0 saturated carbocycles. The molecule has 1 N–H and O–H groups in total. The SMILES string of the molecule is CC(C)CC(CN(C)C)n1c(=S)[nH]c2ccsc2c1=O. The van der Waals surface area contributed by atoms with Crippen LogP contribution < -0.4 is 5.56 Å². The fourth-order valence-electron chi connectivity index (χ4n) is 2.51. The Labute approximate surface area is 128 Å². The number of rotatable bonds is 5. The fourth-order valence-corrected chi connectivity index (χ4v) is 3.64. The molecule has 6 heteroatoms. The maximum Gasteiger partial charge on any atom is 0.272 e. The van der Waals surface area contributed by atoms with E-state index in [1.54, 1.807) is 4.57 Å². The third-order valence-corrected chi connectivity index (χ3v) is 4.42. The van der Waals surface area contributed by atoms with Gasteiger partial charge < -0.3 is 9.88 Å². The lowest BCUT2D eigenvalue weighted by Crippen LogP contribution is -2.33. The van der Waals surface area contributed by atoms with Crippen LogP contribution in [0.3, 0.4) is 0 Å². The van der Waals surface area contributed by atoms with Crippen molar-refractivity contribution in [2.24, 2.45) is 5.92 Å². The lowest BCUT2D eigenvalue weighted by atomic mass is 10.0. The van der Waals surface area contributed by atoms with Crippen molar-refractivity contribution in [1.29, 1.82) is 0 Å². The first-order valence-electron chi connectivity index (χ1n) is 6.77. The lowest BCUT2D eigenvalue weighted by Gasteiger charge is -2.24. The van der Waals surface area contributed by atoms with Gasteiger partial charge in [0.05, 0.1) is 11.6 Å². The maximum absolute atomic E-state index is 12.7. The summed E-state index contributed by atoms with van der Waals surface area (Å²) in [6, 6.07) is 2.01. The van der Waals surface area contributed by atoms with Gasteiger partial charge in [-0.25, -0.2) is 0 Å². The van der Waals surface area contributed by atoms with E-state index in [0.29, 0.717) is 10.7 Å². The molecule has 1 unspecified atom stereocenters. The Morgan fingerprint density at radius 2 is 2.15 bits per heavy atom. The van der Waals surface area contributed by atoms with Crippen molar-refractivity contribution >= 4 is 33.8 Å². The molecule has 2 rings (SSSR count). The zero-order valence-electron chi connectivity index (χ0n) is 12.3. The van der Waals surface area contributed by atoms with Crippen LogP contribution in [-0.2, 0) is 0 Å². The van der Waals surface area contributed by atoms with Gasteiger partial charge in [0.25, 0.3) is 5.56 Å². The summed E-state index contributed by atoms with van der Waals surface area (Å²) in [5.74, 6) is 0.514. The minimum Gasteiger partial charge on any atom is -0.331 e. The van der Waals surface area contributed by atoms with Gasteiger partial charge in [0.2, 0.25) is 0 Å². The van der Waals surface area contributed by atoms with Crippen LogP contribution in [0.1, 0.15) is 26.3 Å². The lowest BCUT2D eigenvalue weighted by molar-refractivity contribution is 0.282. The van der Waals surface area contributed by atoms with Crippen LogP contribution in [0.4, 0.5) is 0 Å². The number of H-pyrrole nitrogens is 1. The Hall–Kier alpha value is -0.980. The van der Waals surface area contributed by atoms with Crippen LogP contribution in [0, 0.1) is 10.7 Å². The minimum absolute atomic E-state index is 0.0336. The van der Waals surface area contributed by atoms with E-state index in [2.05, 4.69) is 23.7 Å². The molecule has 0 aliphatic rings. The van der Waals surface area contributed by atoms with Crippen LogP contribution in [0.15, 0.2) is 16.2 Å². The number of hydrogen-bond donors (Lipinski definition) is 1. The third-order valence-electron chi connectivity index (χ3n) is 3.22. The van der Waals surface area contributed by atoms with Crippen LogP contribution in [0.2, 0.25) is 0 Å². The fraction of sp³-hybridized carbons (Fsp3) is 0.571. The average Bonchev–Trinajstić information content (AvgIpc) is 2.75. The largest absolute Gasteiger partial charge is 0.331 e. The number of likely N-dealkylation sites (N-methyl/N-ethyl adjacent to an activating group) is 1. The summed E-state index contributed by atoms with van der Waals surface area (Å²) in [4.78, 5) is 18.0. The highest BCUT2D eigenvalue weighted by Gasteiger charge is 2.18. The monoisotopic (exact) mass is 311 g/mol. The van der Waals surface area contributed by atoms with Crippen LogP contribution in [0.25, 0.3) is 10.2 Å². The van der Waals surface area contributed by atoms with Gasteiger partial charge in [-0.2, -0.15) is 0 Å². The van der Waals surface area contributed by atoms with Gasteiger partial charge in [-0.3, -0.25) is 9.36 Å². The van der Waals surface area contributed by atoms with Gasteiger partial charge in [-0.05, 0) is 50.1 Å². The Morgan fingerprint density at radius 3 is 2.75 bits per heavy atom. The first kappa shape index (κ1) is 15.4. The molecule has 0 aliphatic carbocycles. The van der Waals surface area contributed by atoms with E-state index in [1.165, 1.54) is 11.3 Å². The molecule has 20 heavy (non-hydrogen) atoms. The molecule has 110 valence electrons. The number of nitrogens with one attached hydrogen (secondary N) is 1. The van der Waals surface area contributed by atoms with Gasteiger partial charge in [0, 0.05) is 6.54 Å². The molecule has 0 aromatic carbocycles. The van der Waals surface area contributed by atoms with E-state index in [9.17, 15) is 4.79 Å². The molecule has 1 atom stereocenters. The van der Waals surface area contributed by atoms with Crippen LogP contribution in [0.5, 0.6) is 0 Å². The second-order valence-corrected chi connectivity index (χ2v) is 7.12. The highest BCUT2D eigenvalue weighted by atomic mass is 32.1. The minimum atomic E-state index is 0.0336. The average molecular weight is 311 g/mol. The molecule has 0 bridgehead atoms.